The van der Waals surface area contributed by atoms with Crippen molar-refractivity contribution < 1.29 is 61.9 Å². The van der Waals surface area contributed by atoms with Crippen molar-refractivity contribution in [2.45, 2.75) is 136 Å². The van der Waals surface area contributed by atoms with E-state index in [1.165, 1.54) is 27.7 Å². The first-order valence-electron chi connectivity index (χ1n) is 15.4. The lowest BCUT2D eigenvalue weighted by Gasteiger charge is -2.57. The van der Waals surface area contributed by atoms with Gasteiger partial charge in [-0.3, -0.25) is 24.0 Å². The zero-order valence-corrected chi connectivity index (χ0v) is 27.3. The number of fused-ring (bicyclic) bond motifs is 1. The van der Waals surface area contributed by atoms with E-state index >= 15 is 0 Å². The molecule has 11 atom stereocenters. The van der Waals surface area contributed by atoms with Crippen LogP contribution in [0.15, 0.2) is 11.6 Å². The summed E-state index contributed by atoms with van der Waals surface area (Å²) in [5, 5.41) is 0. The summed E-state index contributed by atoms with van der Waals surface area (Å²) >= 11 is 0. The highest BCUT2D eigenvalue weighted by Gasteiger charge is 2.87. The van der Waals surface area contributed by atoms with Crippen molar-refractivity contribution in [1.82, 2.24) is 0 Å². The number of hydrogen-bond donors (Lipinski definition) is 0. The van der Waals surface area contributed by atoms with Crippen LogP contribution in [0.5, 0.6) is 0 Å². The number of ether oxygens (including phenoxy) is 7. The smallest absolute Gasteiger partial charge is 0.342 e. The molecule has 2 aliphatic carbocycles. The molecule has 0 amide bonds. The average Bonchev–Trinajstić information content (AvgIpc) is 3.49. The molecule has 4 rings (SSSR count). The maximum absolute atomic E-state index is 13.3. The van der Waals surface area contributed by atoms with E-state index in [4.69, 9.17) is 33.2 Å². The Morgan fingerprint density at radius 3 is 1.98 bits per heavy atom. The van der Waals surface area contributed by atoms with E-state index in [9.17, 15) is 28.8 Å². The summed E-state index contributed by atoms with van der Waals surface area (Å²) in [6.45, 7) is 13.5. The molecule has 2 saturated heterocycles. The van der Waals surface area contributed by atoms with Crippen molar-refractivity contribution in [3.8, 4) is 0 Å². The molecule has 13 heteroatoms. The van der Waals surface area contributed by atoms with Crippen LogP contribution in [0.2, 0.25) is 0 Å². The van der Waals surface area contributed by atoms with Crippen LogP contribution in [0, 0.1) is 17.3 Å². The maximum Gasteiger partial charge on any atom is 0.342 e. The Morgan fingerprint density at radius 1 is 0.867 bits per heavy atom. The number of hydrogen-bond acceptors (Lipinski definition) is 13. The lowest BCUT2D eigenvalue weighted by molar-refractivity contribution is -0.248. The second kappa shape index (κ2) is 12.4. The molecule has 0 radical (unpaired) electrons. The Balaban J connectivity index is 2.06. The van der Waals surface area contributed by atoms with Crippen molar-refractivity contribution >= 4 is 35.8 Å². The molecule has 2 heterocycles. The van der Waals surface area contributed by atoms with Gasteiger partial charge in [-0.1, -0.05) is 26.3 Å². The van der Waals surface area contributed by atoms with E-state index < -0.39 is 101 Å². The van der Waals surface area contributed by atoms with Crippen LogP contribution in [-0.4, -0.2) is 83.6 Å². The molecular weight excluding hydrogens is 592 g/mol. The Bertz CT molecular complexity index is 1290. The van der Waals surface area contributed by atoms with Crippen LogP contribution in [0.1, 0.15) is 88.0 Å². The molecule has 3 fully saturated rings. The number of rotatable bonds is 7. The molecule has 45 heavy (non-hydrogen) atoms. The summed E-state index contributed by atoms with van der Waals surface area (Å²) < 4.78 is 41.9. The van der Waals surface area contributed by atoms with Gasteiger partial charge in [-0.05, 0) is 26.3 Å². The third-order valence-electron chi connectivity index (χ3n) is 9.74. The zero-order chi connectivity index (χ0) is 33.6. The molecule has 4 aliphatic rings. The minimum absolute atomic E-state index is 0.000641. The molecular formula is C32H44O13. The number of esters is 6. The summed E-state index contributed by atoms with van der Waals surface area (Å²) in [5.74, 6) is -5.49. The van der Waals surface area contributed by atoms with Gasteiger partial charge >= 0.3 is 35.8 Å². The quantitative estimate of drug-likeness (QED) is 0.173. The fourth-order valence-electron chi connectivity index (χ4n) is 7.89. The van der Waals surface area contributed by atoms with Crippen molar-refractivity contribution in [3.63, 3.8) is 0 Å². The van der Waals surface area contributed by atoms with Gasteiger partial charge in [0, 0.05) is 58.8 Å². The molecule has 2 aliphatic heterocycles. The van der Waals surface area contributed by atoms with Gasteiger partial charge in [0.1, 0.15) is 30.5 Å². The lowest BCUT2D eigenvalue weighted by atomic mass is 9.52. The van der Waals surface area contributed by atoms with E-state index in [0.717, 1.165) is 0 Å². The molecule has 250 valence electrons. The van der Waals surface area contributed by atoms with Gasteiger partial charge in [-0.25, -0.2) is 4.79 Å². The summed E-state index contributed by atoms with van der Waals surface area (Å²) in [5.41, 5.74) is -3.90. The fourth-order valence-corrected chi connectivity index (χ4v) is 7.89. The zero-order valence-electron chi connectivity index (χ0n) is 27.3. The predicted octanol–water partition coefficient (Wildman–Crippen LogP) is 2.89. The molecule has 0 aromatic carbocycles. The van der Waals surface area contributed by atoms with Crippen LogP contribution >= 0.6 is 0 Å². The highest BCUT2D eigenvalue weighted by Crippen LogP contribution is 2.66. The normalized spacial score (nSPS) is 41.4. The van der Waals surface area contributed by atoms with Crippen LogP contribution in [0.3, 0.4) is 0 Å². The summed E-state index contributed by atoms with van der Waals surface area (Å²) in [6, 6.07) is 0. The van der Waals surface area contributed by atoms with Gasteiger partial charge in [-0.15, -0.1) is 0 Å². The van der Waals surface area contributed by atoms with E-state index in [0.29, 0.717) is 12.0 Å². The minimum atomic E-state index is -1.53. The number of carbonyl (C=O) groups is 6. The van der Waals surface area contributed by atoms with Crippen LogP contribution in [-0.2, 0) is 61.9 Å². The summed E-state index contributed by atoms with van der Waals surface area (Å²) in [4.78, 5) is 76.9. The second-order valence-corrected chi connectivity index (χ2v) is 13.0. The van der Waals surface area contributed by atoms with Crippen LogP contribution in [0.25, 0.3) is 0 Å². The molecule has 0 bridgehead atoms. The molecule has 1 saturated carbocycles. The van der Waals surface area contributed by atoms with Crippen LogP contribution in [0.4, 0.5) is 0 Å². The van der Waals surface area contributed by atoms with Gasteiger partial charge < -0.3 is 33.2 Å². The third kappa shape index (κ3) is 5.95. The third-order valence-corrected chi connectivity index (χ3v) is 9.74. The van der Waals surface area contributed by atoms with Gasteiger partial charge in [0.2, 0.25) is 0 Å². The molecule has 0 aromatic rings. The van der Waals surface area contributed by atoms with E-state index in [1.54, 1.807) is 33.8 Å². The Kier molecular flexibility index (Phi) is 9.46. The second-order valence-electron chi connectivity index (χ2n) is 13.0. The highest BCUT2D eigenvalue weighted by atomic mass is 16.7. The Labute approximate surface area is 262 Å². The van der Waals surface area contributed by atoms with E-state index in [1.807, 2.05) is 6.92 Å². The molecule has 1 spiro atoms. The van der Waals surface area contributed by atoms with Gasteiger partial charge in [0.25, 0.3) is 0 Å². The largest absolute Gasteiger partial charge is 0.462 e. The maximum atomic E-state index is 13.3. The molecule has 0 aromatic heterocycles. The van der Waals surface area contributed by atoms with Crippen molar-refractivity contribution in [2.75, 3.05) is 0 Å². The molecule has 0 unspecified atom stereocenters. The van der Waals surface area contributed by atoms with Crippen molar-refractivity contribution in [2.24, 2.45) is 17.3 Å². The van der Waals surface area contributed by atoms with Gasteiger partial charge in [0.05, 0.1) is 5.41 Å². The minimum Gasteiger partial charge on any atom is -0.462 e. The molecule has 0 N–H and O–H groups in total. The first-order chi connectivity index (χ1) is 20.9. The SMILES string of the molecule is CCCC(=O)O[C@H]1C[C@H](OC(C)=O)[C@@]2(C)[C@H]([C@H]1C)[C@@H](OC(C)=O)[C@]13O[C@@]1(C)C(=O)O[C@H]3/C=C(/C)C[C@H](OC(C)=O)[C@H]2OC(C)=O. The standard InChI is InChI=1S/C32H44O13/c1-10-11-25(37)43-21-14-23(40-18(5)34)30(8)26(16(21)3)28(42-20(7)36)32-24(44-29(38)31(32,9)45-32)13-15(2)12-22(39-17(4)33)27(30)41-19(6)35/h13,16,21-24,26-28H,10-12,14H2,1-9H3/b15-13-/t16-,21-,22-,23-,24-,26+,27+,28+,30-,31-,32-/m0/s1. The molecule has 13 nitrogen and oxygen atoms in total. The van der Waals surface area contributed by atoms with E-state index in [2.05, 4.69) is 0 Å². The number of carbonyl (C=O) groups excluding carboxylic acids is 6. The van der Waals surface area contributed by atoms with E-state index in [-0.39, 0.29) is 19.3 Å². The average molecular weight is 637 g/mol. The van der Waals surface area contributed by atoms with Gasteiger partial charge in [0.15, 0.2) is 17.3 Å². The summed E-state index contributed by atoms with van der Waals surface area (Å²) in [6.07, 6.45) is -4.25. The van der Waals surface area contributed by atoms with Crippen LogP contribution < -0.4 is 0 Å². The Morgan fingerprint density at radius 2 is 1.44 bits per heavy atom. The Hall–Kier alpha value is -3.48. The first kappa shape index (κ1) is 34.4. The fraction of sp³-hybridized carbons (Fsp3) is 0.750. The van der Waals surface area contributed by atoms with Gasteiger partial charge in [-0.2, -0.15) is 0 Å². The lowest BCUT2D eigenvalue weighted by Crippen LogP contribution is -2.68. The van der Waals surface area contributed by atoms with Crippen molar-refractivity contribution in [1.29, 1.82) is 0 Å². The predicted molar refractivity (Wildman–Crippen MR) is 153 cm³/mol. The number of epoxide rings is 1. The first-order valence-corrected chi connectivity index (χ1v) is 15.4. The monoisotopic (exact) mass is 636 g/mol. The highest BCUT2D eigenvalue weighted by molar-refractivity contribution is 5.89. The van der Waals surface area contributed by atoms with Crippen molar-refractivity contribution in [3.05, 3.63) is 11.6 Å². The summed E-state index contributed by atoms with van der Waals surface area (Å²) in [7, 11) is 0. The topological polar surface area (TPSA) is 170 Å².